The first kappa shape index (κ1) is 17.4. The topological polar surface area (TPSA) is 57.4 Å². The summed E-state index contributed by atoms with van der Waals surface area (Å²) in [5.74, 6) is 2.83. The predicted octanol–water partition coefficient (Wildman–Crippen LogP) is 4.53. The van der Waals surface area contributed by atoms with Gasteiger partial charge in [0.25, 0.3) is 11.1 Å². The van der Waals surface area contributed by atoms with Gasteiger partial charge in [-0.05, 0) is 37.1 Å². The number of aromatic nitrogens is 2. The summed E-state index contributed by atoms with van der Waals surface area (Å²) in [6.07, 6.45) is 0. The Hall–Kier alpha value is -2.47. The van der Waals surface area contributed by atoms with Crippen LogP contribution in [-0.2, 0) is 0 Å². The third-order valence-electron chi connectivity index (χ3n) is 3.71. The molecule has 3 aromatic rings. The Kier molecular flexibility index (Phi) is 5.60. The number of rotatable bonds is 7. The van der Waals surface area contributed by atoms with E-state index in [1.165, 1.54) is 11.8 Å². The van der Waals surface area contributed by atoms with E-state index in [2.05, 4.69) is 10.2 Å². The quantitative estimate of drug-likeness (QED) is 0.458. The number of hydrogen-bond donors (Lipinski definition) is 0. The number of ether oxygens (including phenoxy) is 2. The van der Waals surface area contributed by atoms with Crippen molar-refractivity contribution in [1.29, 1.82) is 0 Å². The largest absolute Gasteiger partial charge is 0.496 e. The summed E-state index contributed by atoms with van der Waals surface area (Å²) in [6, 6.07) is 13.7. The van der Waals surface area contributed by atoms with Crippen LogP contribution in [0.2, 0.25) is 0 Å². The highest BCUT2D eigenvalue weighted by molar-refractivity contribution is 7.99. The second-order valence-corrected chi connectivity index (χ2v) is 6.54. The highest BCUT2D eigenvalue weighted by Gasteiger charge is 2.13. The second kappa shape index (κ2) is 8.07. The van der Waals surface area contributed by atoms with E-state index < -0.39 is 0 Å². The summed E-state index contributed by atoms with van der Waals surface area (Å²) in [6.45, 7) is 4.67. The van der Waals surface area contributed by atoms with Crippen LogP contribution in [-0.4, -0.2) is 29.7 Å². The highest BCUT2D eigenvalue weighted by atomic mass is 32.2. The van der Waals surface area contributed by atoms with Crippen LogP contribution in [0.4, 0.5) is 0 Å². The molecule has 0 amide bonds. The number of thioether (sulfide) groups is 1. The average Bonchev–Trinajstić information content (AvgIpc) is 3.09. The van der Waals surface area contributed by atoms with E-state index in [1.807, 2.05) is 56.3 Å². The van der Waals surface area contributed by atoms with Crippen molar-refractivity contribution in [2.45, 2.75) is 19.1 Å². The van der Waals surface area contributed by atoms with Gasteiger partial charge in [-0.25, -0.2) is 0 Å². The van der Waals surface area contributed by atoms with Crippen molar-refractivity contribution >= 4 is 11.8 Å². The lowest BCUT2D eigenvalue weighted by Crippen LogP contribution is -2.02. The summed E-state index contributed by atoms with van der Waals surface area (Å²) in [7, 11) is 1.62. The maximum atomic E-state index is 5.89. The van der Waals surface area contributed by atoms with E-state index in [4.69, 9.17) is 13.9 Å². The molecule has 0 bridgehead atoms. The van der Waals surface area contributed by atoms with Crippen molar-refractivity contribution in [3.8, 4) is 23.0 Å². The smallest absolute Gasteiger partial charge is 0.276 e. The Morgan fingerprint density at radius 2 is 1.76 bits per heavy atom. The Bertz CT molecular complexity index is 828. The van der Waals surface area contributed by atoms with E-state index in [0.29, 0.717) is 23.5 Å². The molecule has 0 aliphatic carbocycles. The van der Waals surface area contributed by atoms with Crippen molar-refractivity contribution < 1.29 is 13.9 Å². The van der Waals surface area contributed by atoms with Crippen LogP contribution in [0.25, 0.3) is 11.5 Å². The molecule has 0 saturated carbocycles. The SMILES string of the molecule is COc1ccccc1-c1nnc(SCCOc2c(C)cccc2C)o1. The molecule has 0 aliphatic heterocycles. The van der Waals surface area contributed by atoms with E-state index in [-0.39, 0.29) is 0 Å². The van der Waals surface area contributed by atoms with Gasteiger partial charge in [0.05, 0.1) is 19.3 Å². The summed E-state index contributed by atoms with van der Waals surface area (Å²) in [4.78, 5) is 0. The molecular formula is C19H20N2O3S. The fraction of sp³-hybridized carbons (Fsp3) is 0.263. The standard InChI is InChI=1S/C19H20N2O3S/c1-13-7-6-8-14(2)17(13)23-11-12-25-19-21-20-18(24-19)15-9-4-5-10-16(15)22-3/h4-10H,11-12H2,1-3H3. The zero-order chi connectivity index (χ0) is 17.6. The van der Waals surface area contributed by atoms with Gasteiger partial charge in [-0.2, -0.15) is 0 Å². The molecule has 5 nitrogen and oxygen atoms in total. The number of nitrogens with zero attached hydrogens (tertiary/aromatic N) is 2. The van der Waals surface area contributed by atoms with Gasteiger partial charge in [0.2, 0.25) is 0 Å². The number of benzene rings is 2. The van der Waals surface area contributed by atoms with Gasteiger partial charge in [0, 0.05) is 5.75 Å². The minimum Gasteiger partial charge on any atom is -0.496 e. The number of methoxy groups -OCH3 is 1. The molecule has 25 heavy (non-hydrogen) atoms. The fourth-order valence-corrected chi connectivity index (χ4v) is 3.08. The minimum absolute atomic E-state index is 0.454. The van der Waals surface area contributed by atoms with Crippen LogP contribution in [0, 0.1) is 13.8 Å². The summed E-state index contributed by atoms with van der Waals surface area (Å²) >= 11 is 1.47. The first-order valence-corrected chi connectivity index (χ1v) is 8.96. The molecule has 0 fully saturated rings. The Balaban J connectivity index is 1.57. The van der Waals surface area contributed by atoms with Crippen LogP contribution >= 0.6 is 11.8 Å². The second-order valence-electron chi connectivity index (χ2n) is 5.49. The molecule has 2 aromatic carbocycles. The molecule has 0 spiro atoms. The van der Waals surface area contributed by atoms with Gasteiger partial charge in [0.1, 0.15) is 11.5 Å². The lowest BCUT2D eigenvalue weighted by Gasteiger charge is -2.10. The van der Waals surface area contributed by atoms with E-state index in [0.717, 1.165) is 28.2 Å². The molecule has 3 rings (SSSR count). The third-order valence-corrected chi connectivity index (χ3v) is 4.49. The van der Waals surface area contributed by atoms with Gasteiger partial charge in [-0.3, -0.25) is 0 Å². The first-order valence-electron chi connectivity index (χ1n) is 7.97. The van der Waals surface area contributed by atoms with E-state index >= 15 is 0 Å². The first-order chi connectivity index (χ1) is 12.2. The Morgan fingerprint density at radius 1 is 1.00 bits per heavy atom. The van der Waals surface area contributed by atoms with Crippen molar-refractivity contribution in [3.63, 3.8) is 0 Å². The lowest BCUT2D eigenvalue weighted by molar-refractivity contribution is 0.338. The fourth-order valence-electron chi connectivity index (χ4n) is 2.50. The maximum absolute atomic E-state index is 5.89. The van der Waals surface area contributed by atoms with Gasteiger partial charge in [-0.1, -0.05) is 42.1 Å². The molecule has 1 aromatic heterocycles. The molecule has 6 heteroatoms. The van der Waals surface area contributed by atoms with Crippen molar-refractivity contribution in [1.82, 2.24) is 10.2 Å². The van der Waals surface area contributed by atoms with E-state index in [1.54, 1.807) is 7.11 Å². The van der Waals surface area contributed by atoms with Crippen molar-refractivity contribution in [2.24, 2.45) is 0 Å². The van der Waals surface area contributed by atoms with Crippen molar-refractivity contribution in [3.05, 3.63) is 53.6 Å². The number of hydrogen-bond acceptors (Lipinski definition) is 6. The molecule has 0 unspecified atom stereocenters. The number of aryl methyl sites for hydroxylation is 2. The van der Waals surface area contributed by atoms with Gasteiger partial charge in [0.15, 0.2) is 0 Å². The molecule has 0 N–H and O–H groups in total. The molecule has 130 valence electrons. The van der Waals surface area contributed by atoms with Gasteiger partial charge >= 0.3 is 0 Å². The molecule has 0 radical (unpaired) electrons. The summed E-state index contributed by atoms with van der Waals surface area (Å²) < 4.78 is 16.9. The zero-order valence-corrected chi connectivity index (χ0v) is 15.3. The predicted molar refractivity (Wildman–Crippen MR) is 98.4 cm³/mol. The average molecular weight is 356 g/mol. The van der Waals surface area contributed by atoms with Crippen LogP contribution in [0.5, 0.6) is 11.5 Å². The van der Waals surface area contributed by atoms with Crippen LogP contribution in [0.3, 0.4) is 0 Å². The Morgan fingerprint density at radius 3 is 2.52 bits per heavy atom. The van der Waals surface area contributed by atoms with E-state index in [9.17, 15) is 0 Å². The summed E-state index contributed by atoms with van der Waals surface area (Å²) in [5.41, 5.74) is 3.07. The molecule has 0 atom stereocenters. The molecule has 1 heterocycles. The molecule has 0 aliphatic rings. The van der Waals surface area contributed by atoms with Crippen molar-refractivity contribution in [2.75, 3.05) is 19.5 Å². The third kappa shape index (κ3) is 4.14. The lowest BCUT2D eigenvalue weighted by atomic mass is 10.1. The van der Waals surface area contributed by atoms with Gasteiger partial charge in [-0.15, -0.1) is 10.2 Å². The highest BCUT2D eigenvalue weighted by Crippen LogP contribution is 2.30. The molecular weight excluding hydrogens is 336 g/mol. The van der Waals surface area contributed by atoms with Gasteiger partial charge < -0.3 is 13.9 Å². The zero-order valence-electron chi connectivity index (χ0n) is 14.5. The summed E-state index contributed by atoms with van der Waals surface area (Å²) in [5, 5.41) is 8.70. The normalized spacial score (nSPS) is 10.7. The monoisotopic (exact) mass is 356 g/mol. The maximum Gasteiger partial charge on any atom is 0.276 e. The minimum atomic E-state index is 0.454. The van der Waals surface area contributed by atoms with Crippen LogP contribution < -0.4 is 9.47 Å². The number of para-hydroxylation sites is 2. The van der Waals surface area contributed by atoms with Crippen LogP contribution in [0.1, 0.15) is 11.1 Å². The molecule has 0 saturated heterocycles. The Labute approximate surface area is 151 Å². The van der Waals surface area contributed by atoms with Crippen LogP contribution in [0.15, 0.2) is 52.1 Å².